The minimum Gasteiger partial charge on any atom is -0.543 e. The summed E-state index contributed by atoms with van der Waals surface area (Å²) in [6.45, 7) is 0.245. The Morgan fingerprint density at radius 3 is 2.64 bits per heavy atom. The van der Waals surface area contributed by atoms with Crippen LogP contribution in [-0.4, -0.2) is 67.2 Å². The molecule has 0 bridgehead atoms. The van der Waals surface area contributed by atoms with Gasteiger partial charge < -0.3 is 25.8 Å². The van der Waals surface area contributed by atoms with E-state index in [9.17, 15) is 19.5 Å². The van der Waals surface area contributed by atoms with Crippen molar-refractivity contribution in [3.05, 3.63) is 52.3 Å². The van der Waals surface area contributed by atoms with Crippen molar-refractivity contribution >= 4 is 88.1 Å². The second-order valence-electron chi connectivity index (χ2n) is 7.84. The van der Waals surface area contributed by atoms with Crippen LogP contribution in [0.1, 0.15) is 5.69 Å². The Hall–Kier alpha value is -3.31. The van der Waals surface area contributed by atoms with E-state index < -0.39 is 29.2 Å². The largest absolute Gasteiger partial charge is 0.543 e. The van der Waals surface area contributed by atoms with Gasteiger partial charge in [0, 0.05) is 39.8 Å². The molecule has 2 amide bonds. The predicted molar refractivity (Wildman–Crippen MR) is 147 cm³/mol. The molecular weight excluding hydrogens is 611 g/mol. The SMILES string of the molecule is CO/N=C(\C(=O)N[C@@H]1C(=O)N2C(C(=O)[O-])=C(C[n+]3ccc(-c4csnn4)cc3)CS[C@H]12)c1csc(N)n1.Cl.Cl. The number of hydrogen-bond donors (Lipinski definition) is 2. The van der Waals surface area contributed by atoms with E-state index in [2.05, 4.69) is 25.0 Å². The molecule has 0 spiro atoms. The number of nitrogens with zero attached hydrogens (tertiary/aromatic N) is 6. The van der Waals surface area contributed by atoms with Crippen LogP contribution in [0.2, 0.25) is 0 Å². The maximum atomic E-state index is 13.0. The highest BCUT2D eigenvalue weighted by atomic mass is 35.5. The molecule has 3 N–H and O–H groups in total. The fourth-order valence-electron chi connectivity index (χ4n) is 3.94. The van der Waals surface area contributed by atoms with Crippen molar-refractivity contribution in [1.82, 2.24) is 24.8 Å². The predicted octanol–water partition coefficient (Wildman–Crippen LogP) is -0.170. The molecular formula is C21H20Cl2N8O5S3. The third kappa shape index (κ3) is 5.99. The summed E-state index contributed by atoms with van der Waals surface area (Å²) in [7, 11) is 1.27. The number of amides is 2. The van der Waals surface area contributed by atoms with E-state index in [1.807, 2.05) is 17.5 Å². The lowest BCUT2D eigenvalue weighted by atomic mass is 10.0. The van der Waals surface area contributed by atoms with E-state index in [4.69, 9.17) is 10.6 Å². The number of pyridine rings is 1. The number of nitrogens with two attached hydrogens (primary N) is 1. The summed E-state index contributed by atoms with van der Waals surface area (Å²) in [5.41, 5.74) is 7.67. The zero-order chi connectivity index (χ0) is 26.1. The molecule has 0 aromatic carbocycles. The van der Waals surface area contributed by atoms with E-state index in [0.29, 0.717) is 11.3 Å². The van der Waals surface area contributed by atoms with Gasteiger partial charge in [0.25, 0.3) is 11.8 Å². The first-order valence-electron chi connectivity index (χ1n) is 10.7. The Labute approximate surface area is 246 Å². The zero-order valence-electron chi connectivity index (χ0n) is 19.9. The summed E-state index contributed by atoms with van der Waals surface area (Å²) in [6, 6.07) is 2.75. The maximum Gasteiger partial charge on any atom is 0.276 e. The van der Waals surface area contributed by atoms with Crippen LogP contribution in [0.3, 0.4) is 0 Å². The summed E-state index contributed by atoms with van der Waals surface area (Å²) in [6.07, 6.45) is 3.60. The number of carbonyl (C=O) groups is 3. The Kier molecular flexibility index (Phi) is 9.84. The minimum absolute atomic E-state index is 0. The highest BCUT2D eigenvalue weighted by Gasteiger charge is 2.53. The third-order valence-electron chi connectivity index (χ3n) is 5.61. The number of carbonyl (C=O) groups excluding carboxylic acids is 3. The van der Waals surface area contributed by atoms with Gasteiger partial charge in [-0.1, -0.05) is 9.64 Å². The Morgan fingerprint density at radius 2 is 2.05 bits per heavy atom. The van der Waals surface area contributed by atoms with Crippen LogP contribution in [0.5, 0.6) is 0 Å². The van der Waals surface area contributed by atoms with Gasteiger partial charge in [-0.05, 0) is 11.5 Å². The molecule has 0 aliphatic carbocycles. The van der Waals surface area contributed by atoms with Crippen LogP contribution in [-0.2, 0) is 25.8 Å². The van der Waals surface area contributed by atoms with Crippen molar-refractivity contribution < 1.29 is 28.9 Å². The van der Waals surface area contributed by atoms with Crippen molar-refractivity contribution in [3.63, 3.8) is 0 Å². The van der Waals surface area contributed by atoms with Gasteiger partial charge >= 0.3 is 0 Å². The van der Waals surface area contributed by atoms with E-state index in [1.165, 1.54) is 35.8 Å². The van der Waals surface area contributed by atoms with Crippen molar-refractivity contribution in [2.75, 3.05) is 18.6 Å². The molecule has 2 aliphatic heterocycles. The van der Waals surface area contributed by atoms with Crippen molar-refractivity contribution in [2.24, 2.45) is 5.16 Å². The second-order valence-corrected chi connectivity index (χ2v) is 10.4. The quantitative estimate of drug-likeness (QED) is 0.147. The number of oxime groups is 1. The summed E-state index contributed by atoms with van der Waals surface area (Å²) in [4.78, 5) is 47.9. The van der Waals surface area contributed by atoms with Crippen molar-refractivity contribution in [1.29, 1.82) is 0 Å². The normalized spacial score (nSPS) is 18.3. The van der Waals surface area contributed by atoms with Gasteiger partial charge in [0.1, 0.15) is 29.9 Å². The first-order chi connectivity index (χ1) is 17.9. The number of aliphatic carboxylic acids is 1. The molecule has 39 heavy (non-hydrogen) atoms. The van der Waals surface area contributed by atoms with Gasteiger partial charge in [-0.15, -0.1) is 53.0 Å². The molecule has 5 rings (SSSR count). The second kappa shape index (κ2) is 12.7. The molecule has 2 aliphatic rings. The zero-order valence-corrected chi connectivity index (χ0v) is 24.0. The van der Waals surface area contributed by atoms with Crippen molar-refractivity contribution in [3.8, 4) is 11.3 Å². The van der Waals surface area contributed by atoms with Crippen LogP contribution in [0, 0.1) is 0 Å². The lowest BCUT2D eigenvalue weighted by Crippen LogP contribution is -2.71. The number of hydrogen-bond acceptors (Lipinski definition) is 13. The number of nitrogen functional groups attached to an aromatic ring is 1. The topological polar surface area (TPSA) is 180 Å². The van der Waals surface area contributed by atoms with Crippen LogP contribution >= 0.6 is 59.4 Å². The van der Waals surface area contributed by atoms with Gasteiger partial charge in [0.05, 0.1) is 11.7 Å². The van der Waals surface area contributed by atoms with E-state index >= 15 is 0 Å². The number of carboxylic acids is 1. The van der Waals surface area contributed by atoms with Gasteiger partial charge in [0.2, 0.25) is 0 Å². The lowest BCUT2D eigenvalue weighted by molar-refractivity contribution is -0.689. The molecule has 13 nitrogen and oxygen atoms in total. The fourth-order valence-corrected chi connectivity index (χ4v) is 6.29. The van der Waals surface area contributed by atoms with E-state index in [-0.39, 0.29) is 53.6 Å². The monoisotopic (exact) mass is 630 g/mol. The maximum absolute atomic E-state index is 13.0. The Morgan fingerprint density at radius 1 is 1.31 bits per heavy atom. The number of nitrogens with one attached hydrogen (secondary N) is 1. The van der Waals surface area contributed by atoms with Crippen LogP contribution in [0.4, 0.5) is 5.13 Å². The van der Waals surface area contributed by atoms with E-state index in [1.54, 1.807) is 17.0 Å². The molecule has 1 saturated heterocycles. The van der Waals surface area contributed by atoms with Crippen LogP contribution in [0.15, 0.2) is 51.7 Å². The van der Waals surface area contributed by atoms with Crippen LogP contribution in [0.25, 0.3) is 11.3 Å². The number of anilines is 1. The molecule has 206 valence electrons. The number of thioether (sulfide) groups is 1. The van der Waals surface area contributed by atoms with Crippen molar-refractivity contribution in [2.45, 2.75) is 18.0 Å². The molecule has 0 radical (unpaired) electrons. The van der Waals surface area contributed by atoms with Gasteiger partial charge in [-0.2, -0.15) is 0 Å². The average molecular weight is 632 g/mol. The number of carboxylic acid groups (broad SMARTS) is 1. The highest BCUT2D eigenvalue weighted by Crippen LogP contribution is 2.40. The smallest absolute Gasteiger partial charge is 0.276 e. The number of halogens is 2. The minimum atomic E-state index is -1.45. The summed E-state index contributed by atoms with van der Waals surface area (Å²) in [5.74, 6) is -2.38. The van der Waals surface area contributed by atoms with E-state index in [0.717, 1.165) is 27.5 Å². The van der Waals surface area contributed by atoms with Gasteiger partial charge in [0.15, 0.2) is 29.8 Å². The number of thiazole rings is 1. The Bertz CT molecular complexity index is 1430. The lowest BCUT2D eigenvalue weighted by Gasteiger charge is -2.50. The molecule has 0 unspecified atom stereocenters. The number of fused-ring (bicyclic) bond motifs is 1. The van der Waals surface area contributed by atoms with Crippen LogP contribution < -0.4 is 20.7 Å². The standard InChI is InChI=1S/C21H18N8O5S3.2ClH/c1-34-26-14(13-8-36-21(22)23-13)17(30)24-15-18(31)29-16(20(32)33)11(7-35-19(15)29)6-28-4-2-10(3-5-28)12-9-37-27-25-12;;/h2-5,8-9,15,19H,6-7H2,1H3,(H3-,22,23,24,30,32,33);2*1H/b26-14-;;/t15-,19-;;/m1../s1. The molecule has 5 heterocycles. The first kappa shape index (κ1) is 30.2. The molecule has 1 fully saturated rings. The Balaban J connectivity index is 0.00000210. The summed E-state index contributed by atoms with van der Waals surface area (Å²) >= 11 is 3.72. The third-order valence-corrected chi connectivity index (χ3v) is 8.13. The molecule has 2 atom stereocenters. The number of aromatic nitrogens is 4. The summed E-state index contributed by atoms with van der Waals surface area (Å²) < 4.78 is 5.65. The molecule has 3 aromatic rings. The average Bonchev–Trinajstić information content (AvgIpc) is 3.58. The highest BCUT2D eigenvalue weighted by molar-refractivity contribution is 8.00. The van der Waals surface area contributed by atoms with Gasteiger partial charge in [-0.3, -0.25) is 14.5 Å². The molecule has 18 heteroatoms. The molecule has 0 saturated carbocycles. The molecule has 3 aromatic heterocycles. The van der Waals surface area contributed by atoms with Gasteiger partial charge in [-0.25, -0.2) is 9.55 Å². The summed E-state index contributed by atoms with van der Waals surface area (Å²) in [5, 5.41) is 25.4. The fraction of sp³-hybridized carbons (Fsp3) is 0.238. The number of β-lactam (4-membered cyclic amide) rings is 1. The number of rotatable bonds is 8. The first-order valence-corrected chi connectivity index (χ1v) is 13.4.